The lowest BCUT2D eigenvalue weighted by Gasteiger charge is -2.10. The molecule has 0 saturated heterocycles. The summed E-state index contributed by atoms with van der Waals surface area (Å²) in [5.74, 6) is 0.00386. The summed E-state index contributed by atoms with van der Waals surface area (Å²) in [4.78, 5) is 29.3. The quantitative estimate of drug-likeness (QED) is 0.492. The fourth-order valence-corrected chi connectivity index (χ4v) is 3.23. The average molecular weight is 422 g/mol. The predicted molar refractivity (Wildman–Crippen MR) is 111 cm³/mol. The topological polar surface area (TPSA) is 99.2 Å². The third-order valence-electron chi connectivity index (χ3n) is 4.81. The number of methoxy groups -OCH3 is 1. The van der Waals surface area contributed by atoms with Crippen molar-refractivity contribution in [2.45, 2.75) is 19.5 Å². The van der Waals surface area contributed by atoms with E-state index in [4.69, 9.17) is 9.26 Å². The Labute approximate surface area is 176 Å². The maximum Gasteiger partial charge on any atom is 0.266 e. The Morgan fingerprint density at radius 2 is 2.06 bits per heavy atom. The van der Waals surface area contributed by atoms with Crippen molar-refractivity contribution in [3.63, 3.8) is 0 Å². The van der Waals surface area contributed by atoms with Crippen molar-refractivity contribution in [1.29, 1.82) is 0 Å². The zero-order chi connectivity index (χ0) is 21.8. The number of fused-ring (bicyclic) bond motifs is 1. The highest BCUT2D eigenvalue weighted by atomic mass is 19.1. The van der Waals surface area contributed by atoms with E-state index in [-0.39, 0.29) is 35.7 Å². The van der Waals surface area contributed by atoms with Gasteiger partial charge in [0.1, 0.15) is 29.0 Å². The van der Waals surface area contributed by atoms with Gasteiger partial charge in [0.05, 0.1) is 7.11 Å². The van der Waals surface area contributed by atoms with Crippen LogP contribution >= 0.6 is 0 Å². The van der Waals surface area contributed by atoms with Gasteiger partial charge >= 0.3 is 0 Å². The van der Waals surface area contributed by atoms with Gasteiger partial charge in [-0.25, -0.2) is 9.37 Å². The second kappa shape index (κ2) is 8.78. The lowest BCUT2D eigenvalue weighted by atomic mass is 10.1. The minimum Gasteiger partial charge on any atom is -0.496 e. The Morgan fingerprint density at radius 1 is 1.23 bits per heavy atom. The maximum absolute atomic E-state index is 13.6. The Balaban J connectivity index is 1.49. The normalized spacial score (nSPS) is 10.9. The van der Waals surface area contributed by atoms with E-state index < -0.39 is 11.4 Å². The van der Waals surface area contributed by atoms with Crippen molar-refractivity contribution in [3.8, 4) is 17.0 Å². The standard InChI is InChI=1S/C22H19FN4O4/c1-30-17-8-3-2-5-15(17)12-24-18(28)9-10-27-13-25-21-19(22(27)29)20(26-31-21)14-6-4-7-16(23)11-14/h2-8,11,13H,9-10,12H2,1H3,(H,24,28). The van der Waals surface area contributed by atoms with Gasteiger partial charge in [0.15, 0.2) is 0 Å². The number of aryl methyl sites for hydroxylation is 1. The molecular formula is C22H19FN4O4. The highest BCUT2D eigenvalue weighted by molar-refractivity contribution is 5.88. The summed E-state index contributed by atoms with van der Waals surface area (Å²) in [6.07, 6.45) is 1.38. The van der Waals surface area contributed by atoms with Crippen LogP contribution in [-0.2, 0) is 17.9 Å². The van der Waals surface area contributed by atoms with Gasteiger partial charge in [-0.15, -0.1) is 0 Å². The molecule has 0 saturated carbocycles. The smallest absolute Gasteiger partial charge is 0.266 e. The number of nitrogens with one attached hydrogen (secondary N) is 1. The van der Waals surface area contributed by atoms with Gasteiger partial charge in [-0.3, -0.25) is 14.2 Å². The zero-order valence-electron chi connectivity index (χ0n) is 16.7. The predicted octanol–water partition coefficient (Wildman–Crippen LogP) is 2.91. The molecule has 31 heavy (non-hydrogen) atoms. The molecule has 0 aliphatic carbocycles. The third kappa shape index (κ3) is 4.30. The number of carbonyl (C=O) groups is 1. The van der Waals surface area contributed by atoms with Crippen LogP contribution in [0.2, 0.25) is 0 Å². The van der Waals surface area contributed by atoms with E-state index in [9.17, 15) is 14.0 Å². The first-order chi connectivity index (χ1) is 15.1. The molecule has 1 amide bonds. The van der Waals surface area contributed by atoms with Gasteiger partial charge in [-0.2, -0.15) is 0 Å². The Morgan fingerprint density at radius 3 is 2.87 bits per heavy atom. The lowest BCUT2D eigenvalue weighted by Crippen LogP contribution is -2.27. The minimum absolute atomic E-state index is 0.0566. The molecule has 0 aliphatic rings. The van der Waals surface area contributed by atoms with E-state index in [1.165, 1.54) is 29.1 Å². The number of aromatic nitrogens is 3. The van der Waals surface area contributed by atoms with Crippen molar-refractivity contribution < 1.29 is 18.4 Å². The van der Waals surface area contributed by atoms with Crippen LogP contribution in [0.25, 0.3) is 22.4 Å². The molecule has 0 bridgehead atoms. The van der Waals surface area contributed by atoms with E-state index in [1.54, 1.807) is 13.2 Å². The summed E-state index contributed by atoms with van der Waals surface area (Å²) in [6, 6.07) is 13.1. The molecule has 0 unspecified atom stereocenters. The molecule has 0 aliphatic heterocycles. The number of carbonyl (C=O) groups excluding carboxylic acids is 1. The molecule has 2 aromatic carbocycles. The van der Waals surface area contributed by atoms with Gasteiger partial charge in [0, 0.05) is 30.6 Å². The number of nitrogens with zero attached hydrogens (tertiary/aromatic N) is 3. The summed E-state index contributed by atoms with van der Waals surface area (Å²) in [6.45, 7) is 0.428. The van der Waals surface area contributed by atoms with Crippen LogP contribution in [0.5, 0.6) is 5.75 Å². The van der Waals surface area contributed by atoms with Crippen molar-refractivity contribution >= 4 is 17.0 Å². The lowest BCUT2D eigenvalue weighted by molar-refractivity contribution is -0.121. The minimum atomic E-state index is -0.454. The van der Waals surface area contributed by atoms with E-state index in [0.29, 0.717) is 17.9 Å². The van der Waals surface area contributed by atoms with Crippen LogP contribution < -0.4 is 15.6 Å². The van der Waals surface area contributed by atoms with Crippen molar-refractivity contribution in [2.75, 3.05) is 7.11 Å². The van der Waals surface area contributed by atoms with Crippen molar-refractivity contribution in [2.24, 2.45) is 0 Å². The van der Waals surface area contributed by atoms with Crippen LogP contribution in [0.4, 0.5) is 4.39 Å². The van der Waals surface area contributed by atoms with Crippen LogP contribution in [-0.4, -0.2) is 27.7 Å². The van der Waals surface area contributed by atoms with Gasteiger partial charge in [-0.05, 0) is 18.2 Å². The zero-order valence-corrected chi connectivity index (χ0v) is 16.7. The van der Waals surface area contributed by atoms with E-state index >= 15 is 0 Å². The highest BCUT2D eigenvalue weighted by Gasteiger charge is 2.17. The Bertz CT molecular complexity index is 1300. The van der Waals surface area contributed by atoms with Gasteiger partial charge < -0.3 is 14.6 Å². The number of amides is 1. The molecule has 0 radical (unpaired) electrons. The molecular weight excluding hydrogens is 403 g/mol. The maximum atomic E-state index is 13.6. The van der Waals surface area contributed by atoms with Gasteiger partial charge in [0.25, 0.3) is 11.3 Å². The summed E-state index contributed by atoms with van der Waals surface area (Å²) < 4.78 is 25.3. The molecule has 8 nitrogen and oxygen atoms in total. The first-order valence-corrected chi connectivity index (χ1v) is 9.56. The number of hydrogen-bond donors (Lipinski definition) is 1. The molecule has 2 aromatic heterocycles. The van der Waals surface area contributed by atoms with Crippen molar-refractivity contribution in [1.82, 2.24) is 20.0 Å². The molecule has 0 fully saturated rings. The highest BCUT2D eigenvalue weighted by Crippen LogP contribution is 2.24. The SMILES string of the molecule is COc1ccccc1CNC(=O)CCn1cnc2onc(-c3cccc(F)c3)c2c1=O. The number of para-hydroxylation sites is 1. The second-order valence-corrected chi connectivity index (χ2v) is 6.80. The first-order valence-electron chi connectivity index (χ1n) is 9.56. The molecule has 0 atom stereocenters. The molecule has 158 valence electrons. The fraction of sp³-hybridized carbons (Fsp3) is 0.182. The molecule has 2 heterocycles. The number of halogens is 1. The number of ether oxygens (including phenoxy) is 1. The van der Waals surface area contributed by atoms with Gasteiger partial charge in [0.2, 0.25) is 5.91 Å². The van der Waals surface area contributed by atoms with Crippen LogP contribution in [0, 0.1) is 5.82 Å². The fourth-order valence-electron chi connectivity index (χ4n) is 3.23. The Kier molecular flexibility index (Phi) is 5.74. The molecule has 4 aromatic rings. The van der Waals surface area contributed by atoms with Crippen LogP contribution in [0.15, 0.2) is 64.2 Å². The number of rotatable bonds is 7. The van der Waals surface area contributed by atoms with Crippen LogP contribution in [0.3, 0.4) is 0 Å². The molecule has 0 spiro atoms. The largest absolute Gasteiger partial charge is 0.496 e. The number of benzene rings is 2. The molecule has 9 heteroatoms. The first kappa shape index (κ1) is 20.3. The van der Waals surface area contributed by atoms with E-state index in [1.807, 2.05) is 24.3 Å². The summed E-state index contributed by atoms with van der Waals surface area (Å²) >= 11 is 0. The van der Waals surface area contributed by atoms with E-state index in [0.717, 1.165) is 5.56 Å². The number of hydrogen-bond acceptors (Lipinski definition) is 6. The van der Waals surface area contributed by atoms with Crippen molar-refractivity contribution in [3.05, 3.63) is 76.6 Å². The summed E-state index contributed by atoms with van der Waals surface area (Å²) in [5, 5.41) is 6.83. The monoisotopic (exact) mass is 422 g/mol. The molecule has 1 N–H and O–H groups in total. The van der Waals surface area contributed by atoms with E-state index in [2.05, 4.69) is 15.5 Å². The molecule has 4 rings (SSSR count). The average Bonchev–Trinajstić information content (AvgIpc) is 3.22. The summed E-state index contributed by atoms with van der Waals surface area (Å²) in [7, 11) is 1.57. The second-order valence-electron chi connectivity index (χ2n) is 6.80. The summed E-state index contributed by atoms with van der Waals surface area (Å²) in [5.41, 5.74) is 1.11. The Hall–Kier alpha value is -4.01. The van der Waals surface area contributed by atoms with Crippen LogP contribution in [0.1, 0.15) is 12.0 Å². The van der Waals surface area contributed by atoms with Gasteiger partial charge in [-0.1, -0.05) is 35.5 Å². The third-order valence-corrected chi connectivity index (χ3v) is 4.81.